The van der Waals surface area contributed by atoms with Gasteiger partial charge in [0, 0.05) is 38.1 Å². The molecular weight excluding hydrogens is 356 g/mol. The van der Waals surface area contributed by atoms with E-state index >= 15 is 0 Å². The number of benzene rings is 1. The fourth-order valence-electron chi connectivity index (χ4n) is 4.59. The van der Waals surface area contributed by atoms with Crippen LogP contribution >= 0.6 is 0 Å². The number of aromatic nitrogens is 1. The number of rotatable bonds is 11. The molecule has 1 aliphatic rings. The van der Waals surface area contributed by atoms with Crippen LogP contribution in [-0.2, 0) is 13.1 Å². The molecule has 0 radical (unpaired) electrons. The second kappa shape index (κ2) is 11.4. The van der Waals surface area contributed by atoms with Gasteiger partial charge < -0.3 is 9.67 Å². The first-order valence-electron chi connectivity index (χ1n) is 11.4. The van der Waals surface area contributed by atoms with Crippen LogP contribution in [0.1, 0.15) is 61.8 Å². The van der Waals surface area contributed by atoms with E-state index < -0.39 is 0 Å². The third kappa shape index (κ3) is 6.87. The Labute approximate surface area is 177 Å². The fourth-order valence-corrected chi connectivity index (χ4v) is 4.59. The van der Waals surface area contributed by atoms with Gasteiger partial charge in [0.15, 0.2) is 0 Å². The molecule has 158 valence electrons. The predicted octanol–water partition coefficient (Wildman–Crippen LogP) is 5.55. The second-order valence-electron chi connectivity index (χ2n) is 8.77. The van der Waals surface area contributed by atoms with E-state index in [1.807, 2.05) is 6.08 Å². The third-order valence-electron chi connectivity index (χ3n) is 6.33. The lowest BCUT2D eigenvalue weighted by molar-refractivity contribution is 0.0864. The maximum atomic E-state index is 10.6. The van der Waals surface area contributed by atoms with E-state index in [9.17, 15) is 5.11 Å². The van der Waals surface area contributed by atoms with Gasteiger partial charge in [0.1, 0.15) is 0 Å². The third-order valence-corrected chi connectivity index (χ3v) is 6.33. The monoisotopic (exact) mass is 394 g/mol. The lowest BCUT2D eigenvalue weighted by atomic mass is 9.89. The SMILES string of the molecule is C=CCC[C@@H](O)CN(Cc1cccn1Cc1ccccc1C)CC1CCCCC1. The largest absolute Gasteiger partial charge is 0.392 e. The van der Waals surface area contributed by atoms with Gasteiger partial charge in [0.25, 0.3) is 0 Å². The molecule has 0 bridgehead atoms. The van der Waals surface area contributed by atoms with Crippen LogP contribution in [0.15, 0.2) is 55.3 Å². The van der Waals surface area contributed by atoms with E-state index in [0.717, 1.165) is 44.9 Å². The second-order valence-corrected chi connectivity index (χ2v) is 8.77. The van der Waals surface area contributed by atoms with Gasteiger partial charge in [-0.25, -0.2) is 0 Å². The smallest absolute Gasteiger partial charge is 0.0670 e. The Morgan fingerprint density at radius 3 is 2.72 bits per heavy atom. The average molecular weight is 395 g/mol. The van der Waals surface area contributed by atoms with Crippen molar-refractivity contribution < 1.29 is 5.11 Å². The summed E-state index contributed by atoms with van der Waals surface area (Å²) in [5, 5.41) is 10.6. The number of aryl methyl sites for hydroxylation is 1. The summed E-state index contributed by atoms with van der Waals surface area (Å²) in [5.74, 6) is 0.773. The van der Waals surface area contributed by atoms with Crippen molar-refractivity contribution in [2.45, 2.75) is 71.1 Å². The Kier molecular flexibility index (Phi) is 8.57. The van der Waals surface area contributed by atoms with Crippen LogP contribution in [0.4, 0.5) is 0 Å². The summed E-state index contributed by atoms with van der Waals surface area (Å²) in [5.41, 5.74) is 4.04. The summed E-state index contributed by atoms with van der Waals surface area (Å²) in [7, 11) is 0. The molecule has 1 saturated carbocycles. The normalized spacial score (nSPS) is 16.2. The average Bonchev–Trinajstić information content (AvgIpc) is 3.15. The molecule has 29 heavy (non-hydrogen) atoms. The first kappa shape index (κ1) is 21.9. The van der Waals surface area contributed by atoms with Gasteiger partial charge in [-0.05, 0) is 61.8 Å². The van der Waals surface area contributed by atoms with Crippen molar-refractivity contribution >= 4 is 0 Å². The number of hydrogen-bond donors (Lipinski definition) is 1. The molecule has 0 aliphatic heterocycles. The van der Waals surface area contributed by atoms with E-state index in [1.165, 1.54) is 48.9 Å². The van der Waals surface area contributed by atoms with Gasteiger partial charge in [0.2, 0.25) is 0 Å². The number of aliphatic hydroxyl groups excluding tert-OH is 1. The van der Waals surface area contributed by atoms with Crippen molar-refractivity contribution in [3.63, 3.8) is 0 Å². The van der Waals surface area contributed by atoms with Gasteiger partial charge in [-0.3, -0.25) is 4.90 Å². The first-order valence-corrected chi connectivity index (χ1v) is 11.4. The standard InChI is InChI=1S/C26H38N2O/c1-3-4-16-26(29)21-27(18-23-12-6-5-7-13-23)20-25-15-10-17-28(25)19-24-14-9-8-11-22(24)2/h3,8-11,14-15,17,23,26,29H,1,4-7,12-13,16,18-21H2,2H3/t26-/m1/s1. The van der Waals surface area contributed by atoms with Crippen molar-refractivity contribution in [3.05, 3.63) is 72.1 Å². The van der Waals surface area contributed by atoms with E-state index in [2.05, 4.69) is 65.6 Å². The van der Waals surface area contributed by atoms with Gasteiger partial charge in [0.05, 0.1) is 6.10 Å². The Balaban J connectivity index is 1.68. The Bertz CT molecular complexity index is 745. The van der Waals surface area contributed by atoms with Crippen LogP contribution in [0, 0.1) is 12.8 Å². The quantitative estimate of drug-likeness (QED) is 0.506. The van der Waals surface area contributed by atoms with Gasteiger partial charge in [-0.1, -0.05) is 49.6 Å². The molecule has 0 unspecified atom stereocenters. The van der Waals surface area contributed by atoms with E-state index in [4.69, 9.17) is 0 Å². The highest BCUT2D eigenvalue weighted by Gasteiger charge is 2.20. The minimum absolute atomic E-state index is 0.281. The van der Waals surface area contributed by atoms with Crippen LogP contribution in [0.2, 0.25) is 0 Å². The molecule has 3 rings (SSSR count). The van der Waals surface area contributed by atoms with Crippen LogP contribution in [0.5, 0.6) is 0 Å². The molecule has 1 atom stereocenters. The van der Waals surface area contributed by atoms with Crippen molar-refractivity contribution in [2.75, 3.05) is 13.1 Å². The minimum atomic E-state index is -0.281. The molecule has 1 N–H and O–H groups in total. The van der Waals surface area contributed by atoms with Crippen molar-refractivity contribution in [1.82, 2.24) is 9.47 Å². The minimum Gasteiger partial charge on any atom is -0.392 e. The van der Waals surface area contributed by atoms with E-state index in [0.29, 0.717) is 0 Å². The molecule has 1 aromatic heterocycles. The molecule has 1 fully saturated rings. The van der Waals surface area contributed by atoms with E-state index in [-0.39, 0.29) is 6.10 Å². The van der Waals surface area contributed by atoms with Crippen LogP contribution in [0.3, 0.4) is 0 Å². The van der Waals surface area contributed by atoms with Crippen molar-refractivity contribution in [3.8, 4) is 0 Å². The van der Waals surface area contributed by atoms with Crippen molar-refractivity contribution in [1.29, 1.82) is 0 Å². The van der Waals surface area contributed by atoms with Gasteiger partial charge in [-0.15, -0.1) is 6.58 Å². The number of nitrogens with zero attached hydrogens (tertiary/aromatic N) is 2. The molecule has 1 heterocycles. The molecule has 1 aromatic carbocycles. The Morgan fingerprint density at radius 1 is 1.17 bits per heavy atom. The molecule has 3 nitrogen and oxygen atoms in total. The summed E-state index contributed by atoms with van der Waals surface area (Å²) < 4.78 is 2.37. The van der Waals surface area contributed by atoms with Crippen LogP contribution in [-0.4, -0.2) is 33.8 Å². The summed E-state index contributed by atoms with van der Waals surface area (Å²) in [6.07, 6.45) is 12.3. The lowest BCUT2D eigenvalue weighted by Crippen LogP contribution is -2.37. The van der Waals surface area contributed by atoms with Gasteiger partial charge >= 0.3 is 0 Å². The highest BCUT2D eigenvalue weighted by molar-refractivity contribution is 5.26. The summed E-state index contributed by atoms with van der Waals surface area (Å²) in [6, 6.07) is 13.0. The molecular formula is C26H38N2O. The maximum absolute atomic E-state index is 10.6. The van der Waals surface area contributed by atoms with E-state index in [1.54, 1.807) is 0 Å². The zero-order valence-electron chi connectivity index (χ0n) is 18.1. The molecule has 0 saturated heterocycles. The molecule has 0 spiro atoms. The first-order chi connectivity index (χ1) is 14.2. The molecule has 3 heteroatoms. The maximum Gasteiger partial charge on any atom is 0.0670 e. The van der Waals surface area contributed by atoms with Gasteiger partial charge in [-0.2, -0.15) is 0 Å². The zero-order chi connectivity index (χ0) is 20.5. The molecule has 1 aliphatic carbocycles. The fraction of sp³-hybridized carbons (Fsp3) is 0.538. The zero-order valence-corrected chi connectivity index (χ0v) is 18.1. The Morgan fingerprint density at radius 2 is 1.97 bits per heavy atom. The highest BCUT2D eigenvalue weighted by atomic mass is 16.3. The van der Waals surface area contributed by atoms with Crippen LogP contribution in [0.25, 0.3) is 0 Å². The topological polar surface area (TPSA) is 28.4 Å². The molecule has 2 aromatic rings. The van der Waals surface area contributed by atoms with Crippen LogP contribution < -0.4 is 0 Å². The summed E-state index contributed by atoms with van der Waals surface area (Å²) >= 11 is 0. The summed E-state index contributed by atoms with van der Waals surface area (Å²) in [4.78, 5) is 2.49. The number of allylic oxidation sites excluding steroid dienone is 1. The lowest BCUT2D eigenvalue weighted by Gasteiger charge is -2.31. The Hall–Kier alpha value is -1.84. The predicted molar refractivity (Wildman–Crippen MR) is 122 cm³/mol. The number of hydrogen-bond acceptors (Lipinski definition) is 2. The highest BCUT2D eigenvalue weighted by Crippen LogP contribution is 2.25. The molecule has 0 amide bonds. The summed E-state index contributed by atoms with van der Waals surface area (Å²) in [6.45, 7) is 9.64. The number of aliphatic hydroxyl groups is 1. The van der Waals surface area contributed by atoms with Crippen molar-refractivity contribution in [2.24, 2.45) is 5.92 Å².